The number of benzene rings is 2. The number of thioether (sulfide) groups is 1. The number of morpholine rings is 1. The zero-order chi connectivity index (χ0) is 21.6. The first kappa shape index (κ1) is 22.6. The van der Waals surface area contributed by atoms with Crippen molar-refractivity contribution in [2.75, 3.05) is 50.0 Å². The van der Waals surface area contributed by atoms with Gasteiger partial charge in [-0.1, -0.05) is 42.0 Å². The van der Waals surface area contributed by atoms with Gasteiger partial charge in [0.15, 0.2) is 5.13 Å². The van der Waals surface area contributed by atoms with Crippen molar-refractivity contribution in [2.24, 2.45) is 0 Å². The number of fused-ring (bicyclic) bond motifs is 1. The molecule has 1 aromatic heterocycles. The lowest BCUT2D eigenvalue weighted by Crippen LogP contribution is -2.39. The van der Waals surface area contributed by atoms with E-state index in [4.69, 9.17) is 21.3 Å². The average Bonchev–Trinajstić information content (AvgIpc) is 3.20. The van der Waals surface area contributed by atoms with Gasteiger partial charge in [-0.15, -0.1) is 11.8 Å². The molecule has 0 bridgehead atoms. The summed E-state index contributed by atoms with van der Waals surface area (Å²) in [7, 11) is 0. The molecule has 1 fully saturated rings. The third-order valence-electron chi connectivity index (χ3n) is 5.19. The van der Waals surface area contributed by atoms with Crippen molar-refractivity contribution in [3.63, 3.8) is 0 Å². The van der Waals surface area contributed by atoms with Crippen LogP contribution in [0.1, 0.15) is 23.7 Å². The number of carbonyl (C=O) groups excluding carboxylic acids is 1. The number of hydrogen-bond acceptors (Lipinski definition) is 6. The molecule has 0 radical (unpaired) electrons. The molecular formula is C23H26ClN3O2S2. The number of carbonyl (C=O) groups is 1. The van der Waals surface area contributed by atoms with E-state index in [2.05, 4.69) is 11.8 Å². The molecule has 0 unspecified atom stereocenters. The van der Waals surface area contributed by atoms with Crippen LogP contribution in [0.4, 0.5) is 5.13 Å². The second-order valence-corrected chi connectivity index (χ2v) is 10.1. The summed E-state index contributed by atoms with van der Waals surface area (Å²) in [5, 5.41) is 1.40. The summed E-state index contributed by atoms with van der Waals surface area (Å²) < 4.78 is 6.43. The van der Waals surface area contributed by atoms with Crippen molar-refractivity contribution in [1.82, 2.24) is 9.88 Å². The van der Waals surface area contributed by atoms with Crippen molar-refractivity contribution in [3.8, 4) is 0 Å². The molecule has 1 aliphatic rings. The van der Waals surface area contributed by atoms with Gasteiger partial charge in [0, 0.05) is 36.1 Å². The van der Waals surface area contributed by atoms with Gasteiger partial charge in [0.1, 0.15) is 0 Å². The maximum Gasteiger partial charge on any atom is 0.261 e. The van der Waals surface area contributed by atoms with E-state index in [1.165, 1.54) is 11.3 Å². The van der Waals surface area contributed by atoms with E-state index in [9.17, 15) is 4.79 Å². The number of rotatable bonds is 8. The van der Waals surface area contributed by atoms with Gasteiger partial charge in [-0.05, 0) is 42.5 Å². The van der Waals surface area contributed by atoms with Crippen LogP contribution in [0.2, 0.25) is 5.02 Å². The third-order valence-corrected chi connectivity index (χ3v) is 7.42. The van der Waals surface area contributed by atoms with Gasteiger partial charge in [0.25, 0.3) is 5.91 Å². The fourth-order valence-corrected chi connectivity index (χ4v) is 5.70. The number of anilines is 1. The summed E-state index contributed by atoms with van der Waals surface area (Å²) >= 11 is 9.38. The molecule has 0 atom stereocenters. The van der Waals surface area contributed by atoms with Crippen molar-refractivity contribution in [2.45, 2.75) is 18.2 Å². The minimum Gasteiger partial charge on any atom is -0.379 e. The van der Waals surface area contributed by atoms with Gasteiger partial charge < -0.3 is 4.74 Å². The second-order valence-electron chi connectivity index (χ2n) is 7.30. The summed E-state index contributed by atoms with van der Waals surface area (Å²) in [5.74, 6) is 0.921. The van der Waals surface area contributed by atoms with Crippen molar-refractivity contribution in [3.05, 3.63) is 53.1 Å². The number of hydrogen-bond donors (Lipinski definition) is 0. The number of thiazole rings is 1. The first-order chi connectivity index (χ1) is 15.2. The van der Waals surface area contributed by atoms with Crippen molar-refractivity contribution >= 4 is 56.0 Å². The predicted octanol–water partition coefficient (Wildman–Crippen LogP) is 5.43. The Kier molecular flexibility index (Phi) is 7.85. The lowest BCUT2D eigenvalue weighted by Gasteiger charge is -2.28. The van der Waals surface area contributed by atoms with Gasteiger partial charge in [-0.25, -0.2) is 4.98 Å². The van der Waals surface area contributed by atoms with E-state index in [0.29, 0.717) is 11.6 Å². The molecule has 1 aliphatic heterocycles. The fourth-order valence-electron chi connectivity index (χ4n) is 3.63. The number of halogens is 1. The third kappa shape index (κ3) is 5.59. The van der Waals surface area contributed by atoms with E-state index < -0.39 is 0 Å². The molecular weight excluding hydrogens is 450 g/mol. The van der Waals surface area contributed by atoms with Gasteiger partial charge in [-0.2, -0.15) is 0 Å². The van der Waals surface area contributed by atoms with Crippen LogP contribution in [-0.2, 0) is 4.74 Å². The molecule has 3 aromatic rings. The minimum atomic E-state index is 0.00341. The largest absolute Gasteiger partial charge is 0.379 e. The molecule has 0 N–H and O–H groups in total. The molecule has 4 rings (SSSR count). The molecule has 2 heterocycles. The Morgan fingerprint density at radius 3 is 2.87 bits per heavy atom. The van der Waals surface area contributed by atoms with Gasteiger partial charge >= 0.3 is 0 Å². The zero-order valence-electron chi connectivity index (χ0n) is 17.6. The molecule has 0 spiro atoms. The Balaban J connectivity index is 1.60. The highest BCUT2D eigenvalue weighted by Gasteiger charge is 2.24. The zero-order valence-corrected chi connectivity index (χ0v) is 19.9. The predicted molar refractivity (Wildman–Crippen MR) is 131 cm³/mol. The Morgan fingerprint density at radius 1 is 1.26 bits per heavy atom. The first-order valence-corrected chi connectivity index (χ1v) is 12.7. The summed E-state index contributed by atoms with van der Waals surface area (Å²) in [5.41, 5.74) is 1.60. The molecule has 1 amide bonds. The Hall–Kier alpha value is -1.64. The number of nitrogens with zero attached hydrogens (tertiary/aromatic N) is 3. The van der Waals surface area contributed by atoms with Crippen LogP contribution in [-0.4, -0.2) is 60.9 Å². The van der Waals surface area contributed by atoms with Gasteiger partial charge in [0.2, 0.25) is 0 Å². The Labute approximate surface area is 196 Å². The summed E-state index contributed by atoms with van der Waals surface area (Å²) in [4.78, 5) is 23.7. The fraction of sp³-hybridized carbons (Fsp3) is 0.391. The molecule has 2 aromatic carbocycles. The van der Waals surface area contributed by atoms with Gasteiger partial charge in [0.05, 0.1) is 29.0 Å². The van der Waals surface area contributed by atoms with Crippen LogP contribution in [0.3, 0.4) is 0 Å². The van der Waals surface area contributed by atoms with E-state index >= 15 is 0 Å². The quantitative estimate of drug-likeness (QED) is 0.406. The molecule has 1 saturated heterocycles. The molecule has 164 valence electrons. The lowest BCUT2D eigenvalue weighted by atomic mass is 10.2. The molecule has 8 heteroatoms. The van der Waals surface area contributed by atoms with Crippen LogP contribution in [0.15, 0.2) is 47.4 Å². The summed E-state index contributed by atoms with van der Waals surface area (Å²) in [6.07, 6.45) is 0.880. The Bertz CT molecular complexity index is 1040. The topological polar surface area (TPSA) is 45.7 Å². The van der Waals surface area contributed by atoms with E-state index in [1.54, 1.807) is 11.8 Å². The van der Waals surface area contributed by atoms with E-state index in [-0.39, 0.29) is 5.91 Å². The molecule has 31 heavy (non-hydrogen) atoms. The first-order valence-electron chi connectivity index (χ1n) is 10.6. The average molecular weight is 476 g/mol. The highest BCUT2D eigenvalue weighted by atomic mass is 35.5. The summed E-state index contributed by atoms with van der Waals surface area (Å²) in [6.45, 7) is 7.12. The Morgan fingerprint density at radius 2 is 2.06 bits per heavy atom. The smallest absolute Gasteiger partial charge is 0.261 e. The van der Waals surface area contributed by atoms with E-state index in [0.717, 1.165) is 70.8 Å². The summed E-state index contributed by atoms with van der Waals surface area (Å²) in [6, 6.07) is 13.5. The van der Waals surface area contributed by atoms with Crippen molar-refractivity contribution in [1.29, 1.82) is 0 Å². The number of aromatic nitrogens is 1. The van der Waals surface area contributed by atoms with Crippen LogP contribution in [0.25, 0.3) is 10.2 Å². The molecule has 0 saturated carbocycles. The number of amides is 1. The van der Waals surface area contributed by atoms with Gasteiger partial charge in [-0.3, -0.25) is 14.6 Å². The van der Waals surface area contributed by atoms with Crippen LogP contribution < -0.4 is 4.90 Å². The number of ether oxygens (including phenoxy) is 1. The van der Waals surface area contributed by atoms with Crippen LogP contribution in [0.5, 0.6) is 0 Å². The lowest BCUT2D eigenvalue weighted by molar-refractivity contribution is 0.0376. The maximum absolute atomic E-state index is 13.7. The highest BCUT2D eigenvalue weighted by Crippen LogP contribution is 2.33. The SMILES string of the molecule is CCSc1ccccc1C(=O)N(CCCN1CCOCC1)c1nc2ccc(Cl)cc2s1. The maximum atomic E-state index is 13.7. The van der Waals surface area contributed by atoms with Crippen LogP contribution >= 0.6 is 34.7 Å². The standard InChI is InChI=1S/C23H26ClN3O2S2/c1-2-30-20-7-4-3-6-18(20)22(28)27(11-5-10-26-12-14-29-15-13-26)23-25-19-9-8-17(24)16-21(19)31-23/h3-4,6-9,16H,2,5,10-15H2,1H3. The highest BCUT2D eigenvalue weighted by molar-refractivity contribution is 7.99. The second kappa shape index (κ2) is 10.8. The van der Waals surface area contributed by atoms with Crippen molar-refractivity contribution < 1.29 is 9.53 Å². The van der Waals surface area contributed by atoms with Crippen LogP contribution in [0, 0.1) is 0 Å². The monoisotopic (exact) mass is 475 g/mol. The molecule has 5 nitrogen and oxygen atoms in total. The normalized spacial score (nSPS) is 14.8. The minimum absolute atomic E-state index is 0.00341. The molecule has 0 aliphatic carbocycles. The van der Waals surface area contributed by atoms with E-state index in [1.807, 2.05) is 47.4 Å².